The molecule has 0 aliphatic carbocycles. The molecule has 2 aromatic rings. The van der Waals surface area contributed by atoms with Gasteiger partial charge in [-0.1, -0.05) is 24.9 Å². The second-order valence-corrected chi connectivity index (χ2v) is 8.58. The summed E-state index contributed by atoms with van der Waals surface area (Å²) in [4.78, 5) is 14.6. The molecule has 0 saturated heterocycles. The minimum absolute atomic E-state index is 0.0274. The number of methoxy groups -OCH3 is 1. The topological polar surface area (TPSA) is 88.1 Å². The van der Waals surface area contributed by atoms with Crippen molar-refractivity contribution in [2.24, 2.45) is 4.40 Å². The van der Waals surface area contributed by atoms with Gasteiger partial charge < -0.3 is 15.0 Å². The SMILES string of the molecule is CCCCN1C(C)=NS(=O)(=O)c2cc(C(=O)Nc3ccc(OC)c(Cl)c3)ccc21. The van der Waals surface area contributed by atoms with Crippen LogP contribution in [0.2, 0.25) is 5.02 Å². The monoisotopic (exact) mass is 435 g/mol. The summed E-state index contributed by atoms with van der Waals surface area (Å²) in [6.07, 6.45) is 1.86. The summed E-state index contributed by atoms with van der Waals surface area (Å²) in [5, 5.41) is 3.07. The summed E-state index contributed by atoms with van der Waals surface area (Å²) in [6.45, 7) is 4.39. The summed E-state index contributed by atoms with van der Waals surface area (Å²) in [7, 11) is -2.36. The molecular weight excluding hydrogens is 414 g/mol. The molecule has 0 radical (unpaired) electrons. The largest absolute Gasteiger partial charge is 0.495 e. The smallest absolute Gasteiger partial charge is 0.286 e. The number of carbonyl (C=O) groups excluding carboxylic acids is 1. The number of nitrogens with one attached hydrogen (secondary N) is 1. The highest BCUT2D eigenvalue weighted by molar-refractivity contribution is 7.90. The van der Waals surface area contributed by atoms with E-state index in [-0.39, 0.29) is 10.5 Å². The lowest BCUT2D eigenvalue weighted by Crippen LogP contribution is -2.34. The highest BCUT2D eigenvalue weighted by Crippen LogP contribution is 2.33. The Morgan fingerprint density at radius 3 is 2.66 bits per heavy atom. The second-order valence-electron chi connectivity index (χ2n) is 6.60. The maximum absolute atomic E-state index is 12.7. The number of anilines is 2. The Morgan fingerprint density at radius 1 is 1.24 bits per heavy atom. The number of carbonyl (C=O) groups is 1. The molecule has 1 aliphatic heterocycles. The van der Waals surface area contributed by atoms with E-state index in [0.29, 0.717) is 34.5 Å². The predicted octanol–water partition coefficient (Wildman–Crippen LogP) is 4.33. The number of amidine groups is 1. The van der Waals surface area contributed by atoms with Gasteiger partial charge in [0.05, 0.1) is 17.8 Å². The number of hydrogen-bond donors (Lipinski definition) is 1. The highest BCUT2D eigenvalue weighted by atomic mass is 35.5. The zero-order valence-corrected chi connectivity index (χ0v) is 18.0. The number of amides is 1. The van der Waals surface area contributed by atoms with Gasteiger partial charge in [0.15, 0.2) is 0 Å². The fourth-order valence-corrected chi connectivity index (χ4v) is 4.60. The molecule has 0 saturated carbocycles. The van der Waals surface area contributed by atoms with E-state index < -0.39 is 15.9 Å². The molecule has 9 heteroatoms. The first-order valence-corrected chi connectivity index (χ1v) is 11.0. The van der Waals surface area contributed by atoms with Crippen molar-refractivity contribution >= 4 is 44.7 Å². The molecule has 1 N–H and O–H groups in total. The van der Waals surface area contributed by atoms with Crippen molar-refractivity contribution < 1.29 is 17.9 Å². The lowest BCUT2D eigenvalue weighted by Gasteiger charge is -2.29. The molecule has 29 heavy (non-hydrogen) atoms. The fourth-order valence-electron chi connectivity index (χ4n) is 3.08. The number of nitrogens with zero attached hydrogens (tertiary/aromatic N) is 2. The molecule has 7 nitrogen and oxygen atoms in total. The lowest BCUT2D eigenvalue weighted by molar-refractivity contribution is 0.102. The third kappa shape index (κ3) is 4.38. The van der Waals surface area contributed by atoms with Crippen LogP contribution >= 0.6 is 11.6 Å². The van der Waals surface area contributed by atoms with Crippen LogP contribution in [0.15, 0.2) is 45.7 Å². The molecule has 1 heterocycles. The van der Waals surface area contributed by atoms with Crippen LogP contribution in [-0.2, 0) is 10.0 Å². The lowest BCUT2D eigenvalue weighted by atomic mass is 10.1. The van der Waals surface area contributed by atoms with Crippen molar-refractivity contribution in [2.45, 2.75) is 31.6 Å². The molecule has 2 aromatic carbocycles. The third-order valence-corrected chi connectivity index (χ3v) is 6.26. The molecule has 0 unspecified atom stereocenters. The van der Waals surface area contributed by atoms with Crippen molar-refractivity contribution in [1.29, 1.82) is 0 Å². The first-order valence-electron chi connectivity index (χ1n) is 9.15. The van der Waals surface area contributed by atoms with E-state index in [1.807, 2.05) is 4.90 Å². The number of benzene rings is 2. The van der Waals surface area contributed by atoms with Gasteiger partial charge in [0.2, 0.25) is 0 Å². The van der Waals surface area contributed by atoms with Gasteiger partial charge in [-0.2, -0.15) is 8.42 Å². The maximum atomic E-state index is 12.7. The Labute approximate surface area is 175 Å². The number of unbranched alkanes of at least 4 members (excludes halogenated alkanes) is 1. The summed E-state index contributed by atoms with van der Waals surface area (Å²) in [5.74, 6) is 0.469. The van der Waals surface area contributed by atoms with Gasteiger partial charge in [-0.25, -0.2) is 0 Å². The quantitative estimate of drug-likeness (QED) is 0.729. The number of ether oxygens (including phenoxy) is 1. The van der Waals surface area contributed by atoms with Crippen LogP contribution in [0.5, 0.6) is 5.75 Å². The maximum Gasteiger partial charge on any atom is 0.286 e. The first kappa shape index (κ1) is 21.1. The number of sulfonamides is 1. The Bertz CT molecular complexity index is 1080. The van der Waals surface area contributed by atoms with E-state index in [0.717, 1.165) is 12.8 Å². The minimum atomic E-state index is -3.87. The first-order chi connectivity index (χ1) is 13.8. The van der Waals surface area contributed by atoms with Gasteiger partial charge >= 0.3 is 0 Å². The Balaban J connectivity index is 1.92. The molecular formula is C20H22ClN3O4S. The average molecular weight is 436 g/mol. The van der Waals surface area contributed by atoms with Crippen molar-refractivity contribution in [3.05, 3.63) is 47.0 Å². The van der Waals surface area contributed by atoms with Crippen molar-refractivity contribution in [3.8, 4) is 5.75 Å². The van der Waals surface area contributed by atoms with Crippen LogP contribution in [0.1, 0.15) is 37.0 Å². The summed E-state index contributed by atoms with van der Waals surface area (Å²) in [5.41, 5.74) is 1.22. The number of hydrogen-bond acceptors (Lipinski definition) is 5. The van der Waals surface area contributed by atoms with E-state index in [1.165, 1.54) is 13.2 Å². The van der Waals surface area contributed by atoms with Crippen LogP contribution in [0.3, 0.4) is 0 Å². The molecule has 0 bridgehead atoms. The Hall–Kier alpha value is -2.58. The van der Waals surface area contributed by atoms with E-state index in [4.69, 9.17) is 16.3 Å². The Kier molecular flexibility index (Phi) is 6.14. The molecule has 0 spiro atoms. The number of fused-ring (bicyclic) bond motifs is 1. The van der Waals surface area contributed by atoms with E-state index >= 15 is 0 Å². The van der Waals surface area contributed by atoms with Gasteiger partial charge in [0.1, 0.15) is 16.5 Å². The van der Waals surface area contributed by atoms with Crippen LogP contribution in [0.4, 0.5) is 11.4 Å². The molecule has 3 rings (SSSR count). The van der Waals surface area contributed by atoms with Crippen LogP contribution in [0.25, 0.3) is 0 Å². The van der Waals surface area contributed by atoms with Gasteiger partial charge in [-0.3, -0.25) is 4.79 Å². The second kappa shape index (κ2) is 8.42. The van der Waals surface area contributed by atoms with Crippen molar-refractivity contribution in [1.82, 2.24) is 0 Å². The molecule has 0 atom stereocenters. The van der Waals surface area contributed by atoms with Crippen LogP contribution in [0, 0.1) is 0 Å². The molecule has 154 valence electrons. The van der Waals surface area contributed by atoms with Gasteiger partial charge in [0, 0.05) is 17.8 Å². The molecule has 0 fully saturated rings. The number of rotatable bonds is 6. The van der Waals surface area contributed by atoms with Crippen LogP contribution in [-0.4, -0.2) is 33.8 Å². The third-order valence-electron chi connectivity index (χ3n) is 4.58. The molecule has 1 aliphatic rings. The normalized spacial score (nSPS) is 14.8. The number of halogens is 1. The highest BCUT2D eigenvalue weighted by Gasteiger charge is 2.29. The summed E-state index contributed by atoms with van der Waals surface area (Å²) < 4.78 is 34.1. The van der Waals surface area contributed by atoms with Crippen molar-refractivity contribution in [2.75, 3.05) is 23.9 Å². The van der Waals surface area contributed by atoms with Gasteiger partial charge in [-0.15, -0.1) is 4.40 Å². The predicted molar refractivity (Wildman–Crippen MR) is 115 cm³/mol. The van der Waals surface area contributed by atoms with E-state index in [1.54, 1.807) is 37.3 Å². The summed E-state index contributed by atoms with van der Waals surface area (Å²) in [6, 6.07) is 9.47. The van der Waals surface area contributed by atoms with E-state index in [2.05, 4.69) is 16.6 Å². The fraction of sp³-hybridized carbons (Fsp3) is 0.300. The van der Waals surface area contributed by atoms with Gasteiger partial charge in [-0.05, 0) is 49.7 Å². The Morgan fingerprint density at radius 2 is 2.00 bits per heavy atom. The zero-order valence-electron chi connectivity index (χ0n) is 16.4. The minimum Gasteiger partial charge on any atom is -0.495 e. The zero-order chi connectivity index (χ0) is 21.2. The van der Waals surface area contributed by atoms with Gasteiger partial charge in [0.25, 0.3) is 15.9 Å². The standard InChI is InChI=1S/C20H22ClN3O4S/c1-4-5-10-24-13(2)23-29(26,27)19-11-14(6-8-17(19)24)20(25)22-15-7-9-18(28-3)16(21)12-15/h6-9,11-12H,4-5,10H2,1-3H3,(H,22,25). The summed E-state index contributed by atoms with van der Waals surface area (Å²) >= 11 is 6.09. The molecule has 0 aromatic heterocycles. The van der Waals surface area contributed by atoms with Crippen LogP contribution < -0.4 is 15.0 Å². The van der Waals surface area contributed by atoms with Crippen molar-refractivity contribution in [3.63, 3.8) is 0 Å². The average Bonchev–Trinajstić information content (AvgIpc) is 2.67. The molecule has 1 amide bonds. The van der Waals surface area contributed by atoms with E-state index in [9.17, 15) is 13.2 Å².